The maximum absolute atomic E-state index is 11.6. The summed E-state index contributed by atoms with van der Waals surface area (Å²) in [5.74, 6) is -0.453. The molecule has 0 radical (unpaired) electrons. The average molecular weight is 255 g/mol. The Morgan fingerprint density at radius 3 is 2.47 bits per heavy atom. The fraction of sp³-hybridized carbons (Fsp3) is 0.417. The third-order valence-corrected chi connectivity index (χ3v) is 2.80. The van der Waals surface area contributed by atoms with Crippen LogP contribution in [-0.4, -0.2) is 28.7 Å². The maximum atomic E-state index is 11.6. The van der Waals surface area contributed by atoms with Crippen LogP contribution in [0.5, 0.6) is 0 Å². The van der Waals surface area contributed by atoms with Gasteiger partial charge in [-0.2, -0.15) is 0 Å². The zero-order valence-corrected chi connectivity index (χ0v) is 11.1. The molecule has 0 fully saturated rings. The Balaban J connectivity index is 2.54. The standard InChI is InChI=1S/C12H17NO3S/c1-10(13-17(2,3)15)12(14)16-9-11-7-5-4-6-8-11/h4-8,10H,9H2,1-3H3. The quantitative estimate of drug-likeness (QED) is 0.771. The topological polar surface area (TPSA) is 55.7 Å². The van der Waals surface area contributed by atoms with Crippen molar-refractivity contribution in [1.82, 2.24) is 0 Å². The predicted molar refractivity (Wildman–Crippen MR) is 68.1 cm³/mol. The van der Waals surface area contributed by atoms with E-state index in [-0.39, 0.29) is 6.61 Å². The number of benzene rings is 1. The Morgan fingerprint density at radius 2 is 1.94 bits per heavy atom. The Morgan fingerprint density at radius 1 is 1.35 bits per heavy atom. The van der Waals surface area contributed by atoms with Gasteiger partial charge in [-0.05, 0) is 12.5 Å². The number of ether oxygens (including phenoxy) is 1. The van der Waals surface area contributed by atoms with Crippen molar-refractivity contribution < 1.29 is 13.7 Å². The molecule has 0 aromatic heterocycles. The third-order valence-electron chi connectivity index (χ3n) is 1.98. The molecule has 17 heavy (non-hydrogen) atoms. The van der Waals surface area contributed by atoms with Gasteiger partial charge in [0.1, 0.15) is 6.61 Å². The summed E-state index contributed by atoms with van der Waals surface area (Å²) >= 11 is 0. The molecule has 4 nitrogen and oxygen atoms in total. The molecule has 0 amide bonds. The van der Waals surface area contributed by atoms with E-state index >= 15 is 0 Å². The van der Waals surface area contributed by atoms with Gasteiger partial charge in [0.25, 0.3) is 0 Å². The Bertz CT molecular complexity index is 482. The van der Waals surface area contributed by atoms with Gasteiger partial charge in [-0.3, -0.25) is 4.21 Å². The molecule has 1 aromatic rings. The van der Waals surface area contributed by atoms with E-state index in [1.54, 1.807) is 6.92 Å². The van der Waals surface area contributed by atoms with Crippen molar-refractivity contribution in [2.45, 2.75) is 19.6 Å². The smallest absolute Gasteiger partial charge is 0.331 e. The molecule has 1 aromatic carbocycles. The normalized spacial score (nSPS) is 12.9. The van der Waals surface area contributed by atoms with E-state index in [1.807, 2.05) is 30.3 Å². The first-order valence-electron chi connectivity index (χ1n) is 5.25. The second kappa shape index (κ2) is 5.82. The molecule has 1 atom stereocenters. The number of hydrogen-bond acceptors (Lipinski definition) is 4. The lowest BCUT2D eigenvalue weighted by Gasteiger charge is -2.08. The van der Waals surface area contributed by atoms with Gasteiger partial charge in [0.15, 0.2) is 6.04 Å². The number of esters is 1. The molecule has 0 heterocycles. The van der Waals surface area contributed by atoms with Crippen LogP contribution in [0.1, 0.15) is 12.5 Å². The van der Waals surface area contributed by atoms with Crippen LogP contribution >= 0.6 is 0 Å². The molecule has 1 unspecified atom stereocenters. The van der Waals surface area contributed by atoms with Crippen LogP contribution in [-0.2, 0) is 25.9 Å². The summed E-state index contributed by atoms with van der Waals surface area (Å²) < 4.78 is 20.4. The maximum Gasteiger partial charge on any atom is 0.331 e. The van der Waals surface area contributed by atoms with Gasteiger partial charge in [-0.25, -0.2) is 9.16 Å². The summed E-state index contributed by atoms with van der Waals surface area (Å²) in [6.07, 6.45) is 2.99. The van der Waals surface area contributed by atoms with Gasteiger partial charge in [0, 0.05) is 22.2 Å². The van der Waals surface area contributed by atoms with Crippen molar-refractivity contribution in [2.75, 3.05) is 12.5 Å². The first-order valence-corrected chi connectivity index (χ1v) is 7.58. The summed E-state index contributed by atoms with van der Waals surface area (Å²) in [5.41, 5.74) is 0.918. The first kappa shape index (κ1) is 13.7. The molecular formula is C12H17NO3S. The Kier molecular flexibility index (Phi) is 4.69. The SMILES string of the molecule is CC(N=S(C)(C)=O)C(=O)OCc1ccccc1. The van der Waals surface area contributed by atoms with E-state index in [9.17, 15) is 9.00 Å². The molecular weight excluding hydrogens is 238 g/mol. The molecule has 0 saturated carbocycles. The summed E-state index contributed by atoms with van der Waals surface area (Å²) in [4.78, 5) is 11.6. The number of carbonyl (C=O) groups excluding carboxylic acids is 1. The first-order chi connectivity index (χ1) is 7.88. The van der Waals surface area contributed by atoms with Crippen molar-refractivity contribution in [1.29, 1.82) is 0 Å². The van der Waals surface area contributed by atoms with E-state index in [0.717, 1.165) is 5.56 Å². The van der Waals surface area contributed by atoms with E-state index in [4.69, 9.17) is 4.74 Å². The highest BCUT2D eigenvalue weighted by atomic mass is 32.2. The highest BCUT2D eigenvalue weighted by Gasteiger charge is 2.14. The van der Waals surface area contributed by atoms with Crippen LogP contribution in [0.3, 0.4) is 0 Å². The van der Waals surface area contributed by atoms with Crippen molar-refractivity contribution >= 4 is 15.7 Å². The zero-order chi connectivity index (χ0) is 12.9. The van der Waals surface area contributed by atoms with E-state index in [0.29, 0.717) is 0 Å². The molecule has 0 aliphatic heterocycles. The zero-order valence-electron chi connectivity index (χ0n) is 10.3. The van der Waals surface area contributed by atoms with E-state index in [1.165, 1.54) is 12.5 Å². The van der Waals surface area contributed by atoms with Crippen LogP contribution in [0.15, 0.2) is 34.7 Å². The highest BCUT2D eigenvalue weighted by Crippen LogP contribution is 2.04. The summed E-state index contributed by atoms with van der Waals surface area (Å²) in [6, 6.07) is 8.70. The second-order valence-corrected chi connectivity index (χ2v) is 6.63. The van der Waals surface area contributed by atoms with Crippen LogP contribution in [0.2, 0.25) is 0 Å². The van der Waals surface area contributed by atoms with Gasteiger partial charge in [-0.15, -0.1) is 0 Å². The van der Waals surface area contributed by atoms with Crippen LogP contribution in [0.25, 0.3) is 0 Å². The van der Waals surface area contributed by atoms with Gasteiger partial charge >= 0.3 is 5.97 Å². The minimum atomic E-state index is -2.28. The average Bonchev–Trinajstić information content (AvgIpc) is 2.25. The third kappa shape index (κ3) is 5.49. The lowest BCUT2D eigenvalue weighted by Crippen LogP contribution is -2.19. The number of rotatable bonds is 4. The van der Waals surface area contributed by atoms with Crippen molar-refractivity contribution in [3.05, 3.63) is 35.9 Å². The fourth-order valence-electron chi connectivity index (χ4n) is 1.27. The molecule has 0 spiro atoms. The number of nitrogens with zero attached hydrogens (tertiary/aromatic N) is 1. The summed E-state index contributed by atoms with van der Waals surface area (Å²) in [7, 11) is -2.28. The minimum Gasteiger partial charge on any atom is -0.459 e. The summed E-state index contributed by atoms with van der Waals surface area (Å²) in [5, 5.41) is 0. The molecule has 0 N–H and O–H groups in total. The van der Waals surface area contributed by atoms with E-state index < -0.39 is 21.7 Å². The van der Waals surface area contributed by atoms with Crippen LogP contribution in [0.4, 0.5) is 0 Å². The van der Waals surface area contributed by atoms with Gasteiger partial charge < -0.3 is 4.74 Å². The van der Waals surface area contributed by atoms with Gasteiger partial charge in [0.05, 0.1) is 0 Å². The fourth-order valence-corrected chi connectivity index (χ4v) is 2.12. The molecule has 0 bridgehead atoms. The minimum absolute atomic E-state index is 0.216. The largest absolute Gasteiger partial charge is 0.459 e. The molecule has 0 saturated heterocycles. The predicted octanol–water partition coefficient (Wildman–Crippen LogP) is 1.85. The van der Waals surface area contributed by atoms with Crippen LogP contribution < -0.4 is 0 Å². The van der Waals surface area contributed by atoms with Crippen molar-refractivity contribution in [3.63, 3.8) is 0 Å². The highest BCUT2D eigenvalue weighted by molar-refractivity contribution is 7.92. The van der Waals surface area contributed by atoms with Crippen LogP contribution in [0, 0.1) is 0 Å². The molecule has 0 aliphatic carbocycles. The number of carbonyl (C=O) groups is 1. The Hall–Kier alpha value is -1.36. The van der Waals surface area contributed by atoms with Crippen molar-refractivity contribution in [2.24, 2.45) is 4.36 Å². The Labute approximate surface area is 102 Å². The second-order valence-electron chi connectivity index (χ2n) is 4.06. The molecule has 5 heteroatoms. The molecule has 1 rings (SSSR count). The lowest BCUT2D eigenvalue weighted by atomic mass is 10.2. The molecule has 94 valence electrons. The lowest BCUT2D eigenvalue weighted by molar-refractivity contribution is -0.145. The van der Waals surface area contributed by atoms with E-state index in [2.05, 4.69) is 4.36 Å². The van der Waals surface area contributed by atoms with Gasteiger partial charge in [-0.1, -0.05) is 30.3 Å². The monoisotopic (exact) mass is 255 g/mol. The van der Waals surface area contributed by atoms with Crippen molar-refractivity contribution in [3.8, 4) is 0 Å². The number of hydrogen-bond donors (Lipinski definition) is 0. The van der Waals surface area contributed by atoms with Gasteiger partial charge in [0.2, 0.25) is 0 Å². The molecule has 0 aliphatic rings. The summed E-state index contributed by atoms with van der Waals surface area (Å²) in [6.45, 7) is 1.80.